The van der Waals surface area contributed by atoms with Crippen LogP contribution in [-0.4, -0.2) is 38.1 Å². The van der Waals surface area contributed by atoms with E-state index in [0.717, 1.165) is 37.4 Å². The van der Waals surface area contributed by atoms with E-state index < -0.39 is 23.0 Å². The number of benzene rings is 1. The number of amides is 3. The molecule has 0 spiro atoms. The molecule has 1 saturated carbocycles. The van der Waals surface area contributed by atoms with Crippen molar-refractivity contribution in [3.63, 3.8) is 0 Å². The summed E-state index contributed by atoms with van der Waals surface area (Å²) in [5, 5.41) is 12.8. The Balaban J connectivity index is 1.57. The van der Waals surface area contributed by atoms with Crippen molar-refractivity contribution in [3.05, 3.63) is 30.1 Å². The van der Waals surface area contributed by atoms with Gasteiger partial charge in [0.2, 0.25) is 11.1 Å². The first-order valence-electron chi connectivity index (χ1n) is 9.18. The topological polar surface area (TPSA) is 115 Å². The predicted octanol–water partition coefficient (Wildman–Crippen LogP) is 2.44. The van der Waals surface area contributed by atoms with Crippen LogP contribution >= 0.6 is 11.8 Å². The molecule has 28 heavy (non-hydrogen) atoms. The van der Waals surface area contributed by atoms with Crippen LogP contribution in [0.15, 0.2) is 29.4 Å². The minimum absolute atomic E-state index is 0.116. The molecule has 1 heterocycles. The molecule has 1 aromatic heterocycles. The Kier molecular flexibility index (Phi) is 6.50. The van der Waals surface area contributed by atoms with Crippen molar-refractivity contribution in [2.45, 2.75) is 55.5 Å². The van der Waals surface area contributed by atoms with E-state index in [1.54, 1.807) is 19.1 Å². The number of nitrogens with two attached hydrogens (primary N) is 1. The molecule has 1 fully saturated rings. The Bertz CT molecular complexity index is 852. The maximum atomic E-state index is 13.4. The minimum Gasteiger partial charge on any atom is -0.335 e. The van der Waals surface area contributed by atoms with Gasteiger partial charge in [-0.25, -0.2) is 13.9 Å². The molecule has 0 aliphatic heterocycles. The number of rotatable bonds is 5. The van der Waals surface area contributed by atoms with Gasteiger partial charge in [-0.15, -0.1) is 10.2 Å². The van der Waals surface area contributed by atoms with Crippen molar-refractivity contribution < 1.29 is 14.0 Å². The molecule has 2 aromatic rings. The van der Waals surface area contributed by atoms with Gasteiger partial charge in [-0.05, 0) is 31.9 Å². The summed E-state index contributed by atoms with van der Waals surface area (Å²) >= 11 is 1.06. The molecule has 0 unspecified atom stereocenters. The molecular formula is C18H23FN6O2S. The molecule has 3 amide bonds. The van der Waals surface area contributed by atoms with Crippen LogP contribution < -0.4 is 16.5 Å². The Morgan fingerprint density at radius 1 is 1.29 bits per heavy atom. The molecular weight excluding hydrogens is 383 g/mol. The van der Waals surface area contributed by atoms with Crippen LogP contribution in [0, 0.1) is 5.82 Å². The van der Waals surface area contributed by atoms with Gasteiger partial charge in [0.05, 0.1) is 5.25 Å². The number of thioether (sulfide) groups is 1. The average Bonchev–Trinajstić information content (AvgIpc) is 3.02. The SMILES string of the molecule is C[C@H](Sc1nnc(-c2cccc(F)c2)n1N)C(=O)NC(=O)NC1CCCCC1. The van der Waals surface area contributed by atoms with Gasteiger partial charge in [0.1, 0.15) is 5.82 Å². The molecule has 3 rings (SSSR count). The number of nitrogens with zero attached hydrogens (tertiary/aromatic N) is 3. The summed E-state index contributed by atoms with van der Waals surface area (Å²) in [6, 6.07) is 5.46. The third kappa shape index (κ3) is 5.00. The highest BCUT2D eigenvalue weighted by molar-refractivity contribution is 8.00. The van der Waals surface area contributed by atoms with E-state index in [4.69, 9.17) is 5.84 Å². The van der Waals surface area contributed by atoms with Crippen LogP contribution in [0.25, 0.3) is 11.4 Å². The molecule has 150 valence electrons. The molecule has 1 aliphatic carbocycles. The largest absolute Gasteiger partial charge is 0.335 e. The zero-order valence-corrected chi connectivity index (χ0v) is 16.3. The molecule has 0 radical (unpaired) electrons. The summed E-state index contributed by atoms with van der Waals surface area (Å²) in [5.41, 5.74) is 0.478. The van der Waals surface area contributed by atoms with Crippen molar-refractivity contribution in [1.29, 1.82) is 0 Å². The minimum atomic E-state index is -0.621. The monoisotopic (exact) mass is 406 g/mol. The lowest BCUT2D eigenvalue weighted by Crippen LogP contribution is -2.47. The van der Waals surface area contributed by atoms with Gasteiger partial charge in [-0.1, -0.05) is 43.2 Å². The van der Waals surface area contributed by atoms with Gasteiger partial charge >= 0.3 is 6.03 Å². The van der Waals surface area contributed by atoms with Crippen LogP contribution in [-0.2, 0) is 4.79 Å². The first-order valence-corrected chi connectivity index (χ1v) is 10.1. The standard InChI is InChI=1S/C18H23FN6O2S/c1-11(16(26)22-17(27)21-14-8-3-2-4-9-14)28-18-24-23-15(25(18)20)12-6-5-7-13(19)10-12/h5-7,10-11,14H,2-4,8-9,20H2,1H3,(H2,21,22,26,27)/t11-/m0/s1. The number of halogens is 1. The first kappa shape index (κ1) is 20.1. The fourth-order valence-corrected chi connectivity index (χ4v) is 3.85. The first-order chi connectivity index (χ1) is 13.4. The number of hydrogen-bond donors (Lipinski definition) is 3. The van der Waals surface area contributed by atoms with Gasteiger partial charge in [0.15, 0.2) is 5.82 Å². The summed E-state index contributed by atoms with van der Waals surface area (Å²) < 4.78 is 14.6. The van der Waals surface area contributed by atoms with Crippen LogP contribution in [0.3, 0.4) is 0 Å². The summed E-state index contributed by atoms with van der Waals surface area (Å²) in [7, 11) is 0. The highest BCUT2D eigenvalue weighted by atomic mass is 32.2. The zero-order chi connectivity index (χ0) is 20.1. The second-order valence-electron chi connectivity index (χ2n) is 6.74. The van der Waals surface area contributed by atoms with Gasteiger partial charge in [0.25, 0.3) is 0 Å². The van der Waals surface area contributed by atoms with Gasteiger partial charge in [-0.3, -0.25) is 10.1 Å². The number of nitrogens with one attached hydrogen (secondary N) is 2. The number of nitrogen functional groups attached to an aromatic ring is 1. The fourth-order valence-electron chi connectivity index (χ4n) is 3.08. The maximum absolute atomic E-state index is 13.4. The van der Waals surface area contributed by atoms with Crippen LogP contribution in [0.5, 0.6) is 0 Å². The van der Waals surface area contributed by atoms with E-state index in [0.29, 0.717) is 5.56 Å². The van der Waals surface area contributed by atoms with Crippen LogP contribution in [0.4, 0.5) is 9.18 Å². The van der Waals surface area contributed by atoms with E-state index in [-0.39, 0.29) is 17.0 Å². The van der Waals surface area contributed by atoms with Crippen molar-refractivity contribution >= 4 is 23.7 Å². The molecule has 1 aromatic carbocycles. The molecule has 4 N–H and O–H groups in total. The molecule has 0 bridgehead atoms. The molecule has 1 aliphatic rings. The highest BCUT2D eigenvalue weighted by Gasteiger charge is 2.23. The van der Waals surface area contributed by atoms with E-state index in [2.05, 4.69) is 20.8 Å². The fraction of sp³-hybridized carbons (Fsp3) is 0.444. The second kappa shape index (κ2) is 9.05. The lowest BCUT2D eigenvalue weighted by Gasteiger charge is -2.22. The van der Waals surface area contributed by atoms with E-state index in [1.165, 1.54) is 23.2 Å². The van der Waals surface area contributed by atoms with E-state index >= 15 is 0 Å². The second-order valence-corrected chi connectivity index (χ2v) is 8.05. The van der Waals surface area contributed by atoms with Gasteiger partial charge < -0.3 is 11.2 Å². The predicted molar refractivity (Wildman–Crippen MR) is 104 cm³/mol. The maximum Gasteiger partial charge on any atom is 0.321 e. The van der Waals surface area contributed by atoms with Crippen molar-refractivity contribution in [2.24, 2.45) is 0 Å². The number of imide groups is 1. The lowest BCUT2D eigenvalue weighted by atomic mass is 9.96. The third-order valence-corrected chi connectivity index (χ3v) is 5.63. The van der Waals surface area contributed by atoms with E-state index in [9.17, 15) is 14.0 Å². The molecule has 1 atom stereocenters. The number of aromatic nitrogens is 3. The van der Waals surface area contributed by atoms with Crippen molar-refractivity contribution in [1.82, 2.24) is 25.5 Å². The summed E-state index contributed by atoms with van der Waals surface area (Å²) in [5.74, 6) is 5.42. The highest BCUT2D eigenvalue weighted by Crippen LogP contribution is 2.25. The van der Waals surface area contributed by atoms with Gasteiger partial charge in [-0.2, -0.15) is 0 Å². The summed E-state index contributed by atoms with van der Waals surface area (Å²) in [4.78, 5) is 24.3. The number of carbonyl (C=O) groups excluding carboxylic acids is 2. The third-order valence-electron chi connectivity index (χ3n) is 4.58. The number of carbonyl (C=O) groups is 2. The van der Waals surface area contributed by atoms with Gasteiger partial charge in [0, 0.05) is 11.6 Å². The van der Waals surface area contributed by atoms with Crippen LogP contribution in [0.1, 0.15) is 39.0 Å². The van der Waals surface area contributed by atoms with Crippen LogP contribution in [0.2, 0.25) is 0 Å². The smallest absolute Gasteiger partial charge is 0.321 e. The Labute approximate surface area is 166 Å². The summed E-state index contributed by atoms with van der Waals surface area (Å²) in [6.45, 7) is 1.64. The molecule has 8 nitrogen and oxygen atoms in total. The normalized spacial score (nSPS) is 15.8. The van der Waals surface area contributed by atoms with Crippen molar-refractivity contribution in [3.8, 4) is 11.4 Å². The van der Waals surface area contributed by atoms with E-state index in [1.807, 2.05) is 0 Å². The Morgan fingerprint density at radius 2 is 2.04 bits per heavy atom. The van der Waals surface area contributed by atoms with Crippen molar-refractivity contribution in [2.75, 3.05) is 5.84 Å². The zero-order valence-electron chi connectivity index (χ0n) is 15.5. The number of hydrogen-bond acceptors (Lipinski definition) is 6. The lowest BCUT2D eigenvalue weighted by molar-refractivity contribution is -0.119. The average molecular weight is 406 g/mol. The molecule has 0 saturated heterocycles. The Morgan fingerprint density at radius 3 is 2.75 bits per heavy atom. The quantitative estimate of drug-likeness (QED) is 0.519. The summed E-state index contributed by atoms with van der Waals surface area (Å²) in [6.07, 6.45) is 5.23. The molecule has 10 heteroatoms. The Hall–Kier alpha value is -2.62. The number of urea groups is 1.